The molecule has 0 unspecified atom stereocenters. The fourth-order valence-electron chi connectivity index (χ4n) is 2.60. The maximum atomic E-state index is 4.48. The number of aromatic nitrogens is 1. The van der Waals surface area contributed by atoms with Gasteiger partial charge >= 0.3 is 0 Å². The van der Waals surface area contributed by atoms with Crippen LogP contribution in [0.25, 0.3) is 21.7 Å². The van der Waals surface area contributed by atoms with E-state index in [1.165, 1.54) is 10.4 Å². The van der Waals surface area contributed by atoms with Gasteiger partial charge in [0.25, 0.3) is 0 Å². The molecule has 1 aromatic heterocycles. The molecular weight excluding hydrogens is 326 g/mol. The van der Waals surface area contributed by atoms with Crippen molar-refractivity contribution in [3.05, 3.63) is 78.1 Å². The van der Waals surface area contributed by atoms with Crippen LogP contribution in [0.3, 0.4) is 0 Å². The molecule has 0 saturated heterocycles. The first-order chi connectivity index (χ1) is 12.2. The molecule has 0 aliphatic heterocycles. The zero-order valence-corrected chi connectivity index (χ0v) is 15.3. The minimum Gasteiger partial charge on any atom is -0.311 e. The smallest absolute Gasteiger partial charge is 0.211 e. The van der Waals surface area contributed by atoms with Crippen molar-refractivity contribution in [3.63, 3.8) is 0 Å². The summed E-state index contributed by atoms with van der Waals surface area (Å²) in [5.74, 6) is 0. The second kappa shape index (κ2) is 7.90. The van der Waals surface area contributed by atoms with E-state index in [9.17, 15) is 0 Å². The summed E-state index contributed by atoms with van der Waals surface area (Å²) in [7, 11) is 0. The first-order valence-electron chi connectivity index (χ1n) is 8.21. The Labute approximate surface area is 152 Å². The number of benzene rings is 2. The quantitative estimate of drug-likeness (QED) is 0.337. The van der Waals surface area contributed by atoms with Crippen LogP contribution >= 0.6 is 11.3 Å². The van der Waals surface area contributed by atoms with E-state index in [1.54, 1.807) is 11.3 Å². The average Bonchev–Trinajstić information content (AvgIpc) is 3.00. The van der Waals surface area contributed by atoms with Gasteiger partial charge in [0, 0.05) is 12.3 Å². The summed E-state index contributed by atoms with van der Waals surface area (Å²) in [6.45, 7) is 8.50. The molecule has 4 heteroatoms. The normalized spacial score (nSPS) is 11.4. The third-order valence-corrected chi connectivity index (χ3v) is 4.76. The van der Waals surface area contributed by atoms with Gasteiger partial charge in [-0.3, -0.25) is 0 Å². The van der Waals surface area contributed by atoms with Crippen LogP contribution in [-0.4, -0.2) is 10.3 Å². The standard InChI is InChI=1S/C21H21N3S/c1-4-15-24-19(17-11-7-5-8-12-17)20(18-13-9-6-10-14-18)25-21(24)23-22-16(2)3/h4-14H,1,15H2,2-3H3/b23-21-. The Bertz CT molecular complexity index is 944. The van der Waals surface area contributed by atoms with E-state index in [2.05, 4.69) is 69.9 Å². The highest BCUT2D eigenvalue weighted by Crippen LogP contribution is 2.34. The van der Waals surface area contributed by atoms with Crippen LogP contribution < -0.4 is 4.80 Å². The van der Waals surface area contributed by atoms with Crippen LogP contribution in [0, 0.1) is 0 Å². The van der Waals surface area contributed by atoms with E-state index < -0.39 is 0 Å². The molecule has 1 heterocycles. The van der Waals surface area contributed by atoms with Crippen molar-refractivity contribution in [2.75, 3.05) is 0 Å². The third-order valence-electron chi connectivity index (χ3n) is 3.64. The van der Waals surface area contributed by atoms with E-state index in [4.69, 9.17) is 0 Å². The van der Waals surface area contributed by atoms with Gasteiger partial charge in [-0.15, -0.1) is 11.7 Å². The number of thiazole rings is 1. The second-order valence-electron chi connectivity index (χ2n) is 5.84. The van der Waals surface area contributed by atoms with Gasteiger partial charge in [-0.05, 0) is 25.0 Å². The van der Waals surface area contributed by atoms with E-state index in [1.807, 2.05) is 32.1 Å². The lowest BCUT2D eigenvalue weighted by molar-refractivity contribution is 0.789. The first kappa shape index (κ1) is 17.1. The summed E-state index contributed by atoms with van der Waals surface area (Å²) < 4.78 is 2.18. The van der Waals surface area contributed by atoms with Crippen LogP contribution in [0.4, 0.5) is 0 Å². The van der Waals surface area contributed by atoms with Gasteiger partial charge < -0.3 is 4.57 Å². The highest BCUT2D eigenvalue weighted by molar-refractivity contribution is 7.13. The maximum Gasteiger partial charge on any atom is 0.211 e. The van der Waals surface area contributed by atoms with Crippen LogP contribution in [-0.2, 0) is 6.54 Å². The van der Waals surface area contributed by atoms with Crippen LogP contribution in [0.2, 0.25) is 0 Å². The van der Waals surface area contributed by atoms with Gasteiger partial charge in [0.15, 0.2) is 0 Å². The SMILES string of the molecule is C=CCn1c(-c2ccccc2)c(-c2ccccc2)s/c1=N\N=C(C)C. The number of nitrogens with zero attached hydrogens (tertiary/aromatic N) is 3. The van der Waals surface area contributed by atoms with E-state index in [-0.39, 0.29) is 0 Å². The summed E-state index contributed by atoms with van der Waals surface area (Å²) in [6, 6.07) is 20.8. The van der Waals surface area contributed by atoms with Gasteiger partial charge in [-0.1, -0.05) is 78.1 Å². The Morgan fingerprint density at radius 3 is 2.16 bits per heavy atom. The van der Waals surface area contributed by atoms with E-state index in [0.29, 0.717) is 6.54 Å². The van der Waals surface area contributed by atoms with Gasteiger partial charge in [-0.2, -0.15) is 5.10 Å². The van der Waals surface area contributed by atoms with Gasteiger partial charge in [0.2, 0.25) is 4.80 Å². The van der Waals surface area contributed by atoms with Crippen molar-refractivity contribution in [1.82, 2.24) is 4.57 Å². The highest BCUT2D eigenvalue weighted by Gasteiger charge is 2.16. The molecule has 0 atom stereocenters. The summed E-state index contributed by atoms with van der Waals surface area (Å²) in [6.07, 6.45) is 1.90. The van der Waals surface area contributed by atoms with Crippen LogP contribution in [0.15, 0.2) is 83.5 Å². The Balaban J connectivity index is 2.34. The Morgan fingerprint density at radius 1 is 1.00 bits per heavy atom. The Kier molecular flexibility index (Phi) is 5.41. The van der Waals surface area contributed by atoms with Gasteiger partial charge in [-0.25, -0.2) is 0 Å². The Morgan fingerprint density at radius 2 is 1.60 bits per heavy atom. The molecule has 3 aromatic rings. The minimum atomic E-state index is 0.685. The molecule has 0 aliphatic rings. The predicted molar refractivity (Wildman–Crippen MR) is 108 cm³/mol. The molecule has 0 N–H and O–H groups in total. The monoisotopic (exact) mass is 347 g/mol. The van der Waals surface area contributed by atoms with E-state index in [0.717, 1.165) is 21.8 Å². The molecule has 0 spiro atoms. The van der Waals surface area contributed by atoms with Crippen LogP contribution in [0.1, 0.15) is 13.8 Å². The van der Waals surface area contributed by atoms with Crippen molar-refractivity contribution < 1.29 is 0 Å². The first-order valence-corrected chi connectivity index (χ1v) is 9.02. The molecule has 0 fully saturated rings. The molecule has 0 aliphatic carbocycles. The maximum absolute atomic E-state index is 4.48. The fraction of sp³-hybridized carbons (Fsp3) is 0.143. The topological polar surface area (TPSA) is 29.6 Å². The van der Waals surface area contributed by atoms with Crippen molar-refractivity contribution in [1.29, 1.82) is 0 Å². The lowest BCUT2D eigenvalue weighted by atomic mass is 10.1. The predicted octanol–water partition coefficient (Wildman–Crippen LogP) is 5.37. The molecular formula is C21H21N3S. The van der Waals surface area contributed by atoms with Gasteiger partial charge in [0.1, 0.15) is 0 Å². The molecule has 0 amide bonds. The molecule has 0 bridgehead atoms. The number of hydrogen-bond acceptors (Lipinski definition) is 3. The Hall–Kier alpha value is -2.72. The minimum absolute atomic E-state index is 0.685. The zero-order chi connectivity index (χ0) is 17.6. The van der Waals surface area contributed by atoms with Crippen molar-refractivity contribution >= 4 is 17.0 Å². The van der Waals surface area contributed by atoms with E-state index >= 15 is 0 Å². The molecule has 2 aromatic carbocycles. The molecule has 3 nitrogen and oxygen atoms in total. The number of rotatable bonds is 5. The van der Waals surface area contributed by atoms with Crippen molar-refractivity contribution in [2.24, 2.45) is 10.2 Å². The molecule has 0 radical (unpaired) electrons. The lowest BCUT2D eigenvalue weighted by Gasteiger charge is -2.09. The number of allylic oxidation sites excluding steroid dienone is 1. The largest absolute Gasteiger partial charge is 0.311 e. The third kappa shape index (κ3) is 3.86. The lowest BCUT2D eigenvalue weighted by Crippen LogP contribution is -2.14. The zero-order valence-electron chi connectivity index (χ0n) is 14.5. The summed E-state index contributed by atoms with van der Waals surface area (Å²) in [5, 5.41) is 8.75. The summed E-state index contributed by atoms with van der Waals surface area (Å²) in [5.41, 5.74) is 4.43. The highest BCUT2D eigenvalue weighted by atomic mass is 32.1. The molecule has 3 rings (SSSR count). The van der Waals surface area contributed by atoms with Crippen molar-refractivity contribution in [3.8, 4) is 21.7 Å². The fourth-order valence-corrected chi connectivity index (χ4v) is 3.72. The summed E-state index contributed by atoms with van der Waals surface area (Å²) in [4.78, 5) is 2.06. The molecule has 25 heavy (non-hydrogen) atoms. The number of hydrogen-bond donors (Lipinski definition) is 0. The average molecular weight is 347 g/mol. The van der Waals surface area contributed by atoms with Crippen LogP contribution in [0.5, 0.6) is 0 Å². The molecule has 126 valence electrons. The summed E-state index contributed by atoms with van der Waals surface area (Å²) >= 11 is 1.66. The van der Waals surface area contributed by atoms with Crippen molar-refractivity contribution in [2.45, 2.75) is 20.4 Å². The second-order valence-corrected chi connectivity index (χ2v) is 6.82. The van der Waals surface area contributed by atoms with Gasteiger partial charge in [0.05, 0.1) is 10.6 Å². The molecule has 0 saturated carbocycles.